The molecule has 2 aromatic rings. The van der Waals surface area contributed by atoms with Gasteiger partial charge < -0.3 is 9.84 Å². The van der Waals surface area contributed by atoms with E-state index in [9.17, 15) is 9.18 Å². The predicted molar refractivity (Wildman–Crippen MR) is 63.2 cm³/mol. The maximum absolute atomic E-state index is 13.2. The molecule has 1 N–H and O–H groups in total. The minimum atomic E-state index is -1.03. The maximum atomic E-state index is 13.2. The second-order valence-corrected chi connectivity index (χ2v) is 4.09. The second kappa shape index (κ2) is 4.55. The molecule has 0 saturated heterocycles. The van der Waals surface area contributed by atoms with Crippen LogP contribution in [0.25, 0.3) is 11.1 Å². The van der Waals surface area contributed by atoms with Crippen molar-refractivity contribution in [2.24, 2.45) is 0 Å². The molecule has 0 atom stereocenters. The van der Waals surface area contributed by atoms with Crippen LogP contribution in [0.4, 0.5) is 4.39 Å². The van der Waals surface area contributed by atoms with Gasteiger partial charge in [0, 0.05) is 16.5 Å². The Kier molecular flexibility index (Phi) is 3.10. The molecule has 0 fully saturated rings. The first-order valence-electron chi connectivity index (χ1n) is 4.77. The summed E-state index contributed by atoms with van der Waals surface area (Å²) in [5.74, 6) is -1.01. The lowest BCUT2D eigenvalue weighted by molar-refractivity contribution is 0.0698. The first-order valence-corrected chi connectivity index (χ1v) is 5.71. The molecule has 0 unspecified atom stereocenters. The number of aromatic carboxylic acids is 1. The van der Waals surface area contributed by atoms with Crippen LogP contribution in [0.2, 0.25) is 0 Å². The number of carboxylic acid groups (broad SMARTS) is 1. The molecule has 0 aliphatic carbocycles. The molecule has 0 spiro atoms. The Morgan fingerprint density at radius 3 is 2.76 bits per heavy atom. The van der Waals surface area contributed by atoms with Crippen LogP contribution in [0.3, 0.4) is 0 Å². The van der Waals surface area contributed by atoms with Gasteiger partial charge in [-0.1, -0.05) is 0 Å². The van der Waals surface area contributed by atoms with Gasteiger partial charge in [0.1, 0.15) is 11.6 Å². The molecule has 17 heavy (non-hydrogen) atoms. The third-order valence-corrected chi connectivity index (χ3v) is 3.09. The number of ether oxygens (including phenoxy) is 1. The zero-order valence-electron chi connectivity index (χ0n) is 8.94. The molecule has 0 saturated carbocycles. The Morgan fingerprint density at radius 2 is 2.12 bits per heavy atom. The average Bonchev–Trinajstić information content (AvgIpc) is 2.77. The van der Waals surface area contributed by atoms with Gasteiger partial charge in [-0.25, -0.2) is 9.18 Å². The summed E-state index contributed by atoms with van der Waals surface area (Å²) in [5, 5.41) is 12.2. The summed E-state index contributed by atoms with van der Waals surface area (Å²) in [6.45, 7) is 0. The van der Waals surface area contributed by atoms with Crippen LogP contribution >= 0.6 is 11.3 Å². The number of hydrogen-bond acceptors (Lipinski definition) is 3. The molecule has 0 bridgehead atoms. The van der Waals surface area contributed by atoms with Crippen molar-refractivity contribution in [3.63, 3.8) is 0 Å². The van der Waals surface area contributed by atoms with E-state index in [0.717, 1.165) is 0 Å². The van der Waals surface area contributed by atoms with Crippen molar-refractivity contribution in [1.29, 1.82) is 0 Å². The van der Waals surface area contributed by atoms with Crippen molar-refractivity contribution >= 4 is 17.3 Å². The molecule has 0 radical (unpaired) electrons. The summed E-state index contributed by atoms with van der Waals surface area (Å²) in [5.41, 5.74) is 1.07. The lowest BCUT2D eigenvalue weighted by Crippen LogP contribution is -1.97. The van der Waals surface area contributed by atoms with Crippen molar-refractivity contribution in [1.82, 2.24) is 0 Å². The van der Waals surface area contributed by atoms with Gasteiger partial charge in [0.2, 0.25) is 0 Å². The lowest BCUT2D eigenvalue weighted by Gasteiger charge is -2.08. The van der Waals surface area contributed by atoms with E-state index in [1.807, 2.05) is 0 Å². The molecule has 1 aromatic heterocycles. The molecule has 0 aliphatic heterocycles. The highest BCUT2D eigenvalue weighted by Crippen LogP contribution is 2.35. The number of carbonyl (C=O) groups is 1. The molecule has 2 rings (SSSR count). The van der Waals surface area contributed by atoms with E-state index in [1.165, 1.54) is 42.0 Å². The fourth-order valence-corrected chi connectivity index (χ4v) is 2.38. The molecule has 1 aromatic carbocycles. The van der Waals surface area contributed by atoms with E-state index in [0.29, 0.717) is 16.9 Å². The molecule has 88 valence electrons. The van der Waals surface area contributed by atoms with Gasteiger partial charge in [0.25, 0.3) is 0 Å². The number of hydrogen-bond donors (Lipinski definition) is 1. The molecular weight excluding hydrogens is 243 g/mol. The smallest absolute Gasteiger partial charge is 0.337 e. The summed E-state index contributed by atoms with van der Waals surface area (Å²) in [7, 11) is 1.46. The molecule has 0 amide bonds. The summed E-state index contributed by atoms with van der Waals surface area (Å²) in [6, 6.07) is 4.02. The zero-order chi connectivity index (χ0) is 12.4. The van der Waals surface area contributed by atoms with Crippen LogP contribution in [0, 0.1) is 5.82 Å². The summed E-state index contributed by atoms with van der Waals surface area (Å²) in [4.78, 5) is 11.0. The number of carboxylic acids is 1. The molecule has 1 heterocycles. The molecular formula is C12H9FO3S. The van der Waals surface area contributed by atoms with Crippen molar-refractivity contribution < 1.29 is 19.0 Å². The van der Waals surface area contributed by atoms with Crippen molar-refractivity contribution in [2.45, 2.75) is 0 Å². The van der Waals surface area contributed by atoms with Crippen LogP contribution in [-0.4, -0.2) is 18.2 Å². The molecule has 5 heteroatoms. The van der Waals surface area contributed by atoms with Crippen LogP contribution in [0.5, 0.6) is 5.75 Å². The van der Waals surface area contributed by atoms with E-state index >= 15 is 0 Å². The third-order valence-electron chi connectivity index (χ3n) is 2.34. The van der Waals surface area contributed by atoms with E-state index in [-0.39, 0.29) is 5.56 Å². The Balaban J connectivity index is 2.63. The van der Waals surface area contributed by atoms with Crippen LogP contribution in [0.15, 0.2) is 29.0 Å². The minimum Gasteiger partial charge on any atom is -0.496 e. The Labute approximate surface area is 101 Å². The van der Waals surface area contributed by atoms with E-state index in [2.05, 4.69) is 0 Å². The van der Waals surface area contributed by atoms with Gasteiger partial charge in [-0.3, -0.25) is 0 Å². The summed E-state index contributed by atoms with van der Waals surface area (Å²) >= 11 is 1.26. The van der Waals surface area contributed by atoms with Crippen molar-refractivity contribution in [3.8, 4) is 16.9 Å². The quantitative estimate of drug-likeness (QED) is 0.912. The summed E-state index contributed by atoms with van der Waals surface area (Å²) < 4.78 is 18.3. The van der Waals surface area contributed by atoms with Gasteiger partial charge in [-0.05, 0) is 23.6 Å². The average molecular weight is 252 g/mol. The SMILES string of the molecule is COc1ccc(F)cc1-c1cscc1C(=O)O. The van der Waals surface area contributed by atoms with Crippen LogP contribution in [0.1, 0.15) is 10.4 Å². The molecule has 0 aliphatic rings. The van der Waals surface area contributed by atoms with Crippen LogP contribution < -0.4 is 4.74 Å². The normalized spacial score (nSPS) is 10.2. The topological polar surface area (TPSA) is 46.5 Å². The fraction of sp³-hybridized carbons (Fsp3) is 0.0833. The highest BCUT2D eigenvalue weighted by Gasteiger charge is 2.16. The van der Waals surface area contributed by atoms with Gasteiger partial charge in [0.15, 0.2) is 0 Å². The standard InChI is InChI=1S/C12H9FO3S/c1-16-11-3-2-7(13)4-8(11)9-5-17-6-10(9)12(14)15/h2-6H,1H3,(H,14,15). The first kappa shape index (κ1) is 11.6. The van der Waals surface area contributed by atoms with Gasteiger partial charge in [-0.2, -0.15) is 11.3 Å². The highest BCUT2D eigenvalue weighted by atomic mass is 32.1. The Morgan fingerprint density at radius 1 is 1.35 bits per heavy atom. The highest BCUT2D eigenvalue weighted by molar-refractivity contribution is 7.08. The van der Waals surface area contributed by atoms with E-state index in [1.54, 1.807) is 5.38 Å². The number of halogens is 1. The van der Waals surface area contributed by atoms with E-state index < -0.39 is 11.8 Å². The van der Waals surface area contributed by atoms with Crippen LogP contribution in [-0.2, 0) is 0 Å². The number of methoxy groups -OCH3 is 1. The van der Waals surface area contributed by atoms with Gasteiger partial charge in [-0.15, -0.1) is 0 Å². The summed E-state index contributed by atoms with van der Waals surface area (Å²) in [6.07, 6.45) is 0. The monoisotopic (exact) mass is 252 g/mol. The number of rotatable bonds is 3. The Hall–Kier alpha value is -1.88. The molecule has 3 nitrogen and oxygen atoms in total. The van der Waals surface area contributed by atoms with Crippen molar-refractivity contribution in [2.75, 3.05) is 7.11 Å². The fourth-order valence-electron chi connectivity index (χ4n) is 1.56. The number of benzene rings is 1. The minimum absolute atomic E-state index is 0.152. The zero-order valence-corrected chi connectivity index (χ0v) is 9.75. The Bertz CT molecular complexity index is 563. The van der Waals surface area contributed by atoms with Gasteiger partial charge in [0.05, 0.1) is 12.7 Å². The number of thiophene rings is 1. The first-order chi connectivity index (χ1) is 8.13. The largest absolute Gasteiger partial charge is 0.496 e. The van der Waals surface area contributed by atoms with Gasteiger partial charge >= 0.3 is 5.97 Å². The second-order valence-electron chi connectivity index (χ2n) is 3.35. The third kappa shape index (κ3) is 2.14. The maximum Gasteiger partial charge on any atom is 0.337 e. The van der Waals surface area contributed by atoms with E-state index in [4.69, 9.17) is 9.84 Å². The van der Waals surface area contributed by atoms with Crippen molar-refractivity contribution in [3.05, 3.63) is 40.3 Å². The predicted octanol–water partition coefficient (Wildman–Crippen LogP) is 3.26. The lowest BCUT2D eigenvalue weighted by atomic mass is 10.0.